The van der Waals surface area contributed by atoms with E-state index >= 15 is 0 Å². The number of amides is 1. The zero-order valence-corrected chi connectivity index (χ0v) is 13.4. The average Bonchev–Trinajstić information content (AvgIpc) is 3.08. The molecule has 0 atom stereocenters. The van der Waals surface area contributed by atoms with E-state index in [2.05, 4.69) is 27.5 Å². The summed E-state index contributed by atoms with van der Waals surface area (Å²) in [5.74, 6) is -0.151. The van der Waals surface area contributed by atoms with Crippen molar-refractivity contribution in [1.29, 1.82) is 0 Å². The van der Waals surface area contributed by atoms with Crippen LogP contribution in [0.25, 0.3) is 10.2 Å². The summed E-state index contributed by atoms with van der Waals surface area (Å²) in [4.78, 5) is 16.9. The van der Waals surface area contributed by atoms with Gasteiger partial charge in [0.2, 0.25) is 0 Å². The quantitative estimate of drug-likeness (QED) is 0.661. The molecule has 106 valence electrons. The van der Waals surface area contributed by atoms with E-state index in [0.29, 0.717) is 11.3 Å². The number of furan rings is 1. The molecule has 0 saturated carbocycles. The van der Waals surface area contributed by atoms with Gasteiger partial charge in [0, 0.05) is 11.0 Å². The molecule has 0 unspecified atom stereocenters. The SMILES string of the molecule is C=CCn1c(=NC(=O)c2ccco2)sc2cc(Br)ccc21. The van der Waals surface area contributed by atoms with E-state index in [1.165, 1.54) is 17.6 Å². The van der Waals surface area contributed by atoms with Gasteiger partial charge in [-0.05, 0) is 30.3 Å². The third kappa shape index (κ3) is 2.77. The number of fused-ring (bicyclic) bond motifs is 1. The molecule has 0 N–H and O–H groups in total. The first-order valence-corrected chi connectivity index (χ1v) is 7.82. The number of carbonyl (C=O) groups is 1. The summed E-state index contributed by atoms with van der Waals surface area (Å²) in [7, 11) is 0. The summed E-state index contributed by atoms with van der Waals surface area (Å²) in [6, 6.07) is 9.24. The van der Waals surface area contributed by atoms with Crippen molar-refractivity contribution in [3.8, 4) is 0 Å². The maximum atomic E-state index is 12.1. The zero-order chi connectivity index (χ0) is 14.8. The molecule has 0 aliphatic heterocycles. The van der Waals surface area contributed by atoms with Gasteiger partial charge in [0.1, 0.15) is 0 Å². The number of thiazole rings is 1. The van der Waals surface area contributed by atoms with Gasteiger partial charge in [0.15, 0.2) is 10.6 Å². The van der Waals surface area contributed by atoms with Crippen molar-refractivity contribution in [2.24, 2.45) is 4.99 Å². The molecule has 2 aromatic heterocycles. The molecular weight excluding hydrogens is 352 g/mol. The summed E-state index contributed by atoms with van der Waals surface area (Å²) in [5, 5.41) is 0. The van der Waals surface area contributed by atoms with E-state index in [1.807, 2.05) is 22.8 Å². The van der Waals surface area contributed by atoms with Gasteiger partial charge in [-0.25, -0.2) is 0 Å². The summed E-state index contributed by atoms with van der Waals surface area (Å²) >= 11 is 4.91. The summed E-state index contributed by atoms with van der Waals surface area (Å²) < 4.78 is 9.09. The lowest BCUT2D eigenvalue weighted by molar-refractivity contribution is 0.0971. The predicted octanol–water partition coefficient (Wildman–Crippen LogP) is 3.99. The number of allylic oxidation sites excluding steroid dienone is 1. The van der Waals surface area contributed by atoms with E-state index < -0.39 is 0 Å². The first kappa shape index (κ1) is 14.0. The molecular formula is C15H11BrN2O2S. The van der Waals surface area contributed by atoms with E-state index in [0.717, 1.165) is 14.7 Å². The van der Waals surface area contributed by atoms with Gasteiger partial charge in [-0.2, -0.15) is 4.99 Å². The Morgan fingerprint density at radius 1 is 1.48 bits per heavy atom. The van der Waals surface area contributed by atoms with E-state index in [1.54, 1.807) is 18.2 Å². The molecule has 0 bridgehead atoms. The molecule has 0 fully saturated rings. The molecule has 0 aliphatic carbocycles. The first-order valence-electron chi connectivity index (χ1n) is 6.21. The Morgan fingerprint density at radius 3 is 3.05 bits per heavy atom. The van der Waals surface area contributed by atoms with Crippen molar-refractivity contribution in [2.75, 3.05) is 0 Å². The van der Waals surface area contributed by atoms with Crippen LogP contribution >= 0.6 is 27.3 Å². The smallest absolute Gasteiger partial charge is 0.315 e. The molecule has 0 spiro atoms. The number of carbonyl (C=O) groups excluding carboxylic acids is 1. The number of halogens is 1. The Morgan fingerprint density at radius 2 is 2.33 bits per heavy atom. The standard InChI is InChI=1S/C15H11BrN2O2S/c1-2-7-18-11-6-5-10(16)9-13(11)21-15(18)17-14(19)12-4-3-8-20-12/h2-6,8-9H,1,7H2. The fraction of sp³-hybridized carbons (Fsp3) is 0.0667. The highest BCUT2D eigenvalue weighted by Gasteiger charge is 2.10. The minimum atomic E-state index is -0.386. The van der Waals surface area contributed by atoms with Crippen LogP contribution in [0.3, 0.4) is 0 Å². The van der Waals surface area contributed by atoms with E-state index in [-0.39, 0.29) is 11.7 Å². The molecule has 1 aromatic carbocycles. The third-order valence-corrected chi connectivity index (χ3v) is 4.42. The van der Waals surface area contributed by atoms with Crippen LogP contribution in [-0.4, -0.2) is 10.5 Å². The van der Waals surface area contributed by atoms with Gasteiger partial charge in [-0.15, -0.1) is 6.58 Å². The molecule has 3 rings (SSSR count). The molecule has 3 aromatic rings. The number of benzene rings is 1. The minimum Gasteiger partial charge on any atom is -0.459 e. The van der Waals surface area contributed by atoms with Crippen molar-refractivity contribution < 1.29 is 9.21 Å². The lowest BCUT2D eigenvalue weighted by atomic mass is 10.3. The van der Waals surface area contributed by atoms with Crippen LogP contribution in [0.4, 0.5) is 0 Å². The number of hydrogen-bond acceptors (Lipinski definition) is 3. The second kappa shape index (κ2) is 5.83. The molecule has 4 nitrogen and oxygen atoms in total. The number of rotatable bonds is 3. The van der Waals surface area contributed by atoms with Crippen molar-refractivity contribution in [3.05, 3.63) is 64.3 Å². The lowest BCUT2D eigenvalue weighted by Crippen LogP contribution is -2.16. The minimum absolute atomic E-state index is 0.235. The molecule has 2 heterocycles. The van der Waals surface area contributed by atoms with Crippen molar-refractivity contribution in [2.45, 2.75) is 6.54 Å². The lowest BCUT2D eigenvalue weighted by Gasteiger charge is -2.00. The van der Waals surface area contributed by atoms with Crippen molar-refractivity contribution in [1.82, 2.24) is 4.57 Å². The van der Waals surface area contributed by atoms with Gasteiger partial charge >= 0.3 is 5.91 Å². The highest BCUT2D eigenvalue weighted by molar-refractivity contribution is 9.10. The molecule has 0 saturated heterocycles. The van der Waals surface area contributed by atoms with E-state index in [4.69, 9.17) is 4.42 Å². The molecule has 1 amide bonds. The maximum Gasteiger partial charge on any atom is 0.315 e. The zero-order valence-electron chi connectivity index (χ0n) is 11.0. The molecule has 21 heavy (non-hydrogen) atoms. The monoisotopic (exact) mass is 362 g/mol. The van der Waals surface area contributed by atoms with E-state index in [9.17, 15) is 4.79 Å². The van der Waals surface area contributed by atoms with Crippen LogP contribution in [0, 0.1) is 0 Å². The maximum absolute atomic E-state index is 12.1. The second-order valence-electron chi connectivity index (χ2n) is 4.29. The summed E-state index contributed by atoms with van der Waals surface area (Å²) in [6.07, 6.45) is 3.24. The fourth-order valence-corrected chi connectivity index (χ4v) is 3.57. The Hall–Kier alpha value is -1.92. The Labute approximate surface area is 133 Å². The van der Waals surface area contributed by atoms with Crippen LogP contribution in [0.15, 0.2) is 63.1 Å². The second-order valence-corrected chi connectivity index (χ2v) is 6.21. The van der Waals surface area contributed by atoms with Gasteiger partial charge in [0.25, 0.3) is 0 Å². The van der Waals surface area contributed by atoms with Gasteiger partial charge in [0.05, 0.1) is 16.5 Å². The number of hydrogen-bond donors (Lipinski definition) is 0. The van der Waals surface area contributed by atoms with Crippen LogP contribution in [0.2, 0.25) is 0 Å². The largest absolute Gasteiger partial charge is 0.459 e. The molecule has 0 radical (unpaired) electrons. The third-order valence-electron chi connectivity index (χ3n) is 2.89. The molecule has 0 aliphatic rings. The molecule has 6 heteroatoms. The first-order chi connectivity index (χ1) is 10.2. The van der Waals surface area contributed by atoms with Crippen LogP contribution in [-0.2, 0) is 6.54 Å². The highest BCUT2D eigenvalue weighted by Crippen LogP contribution is 2.22. The highest BCUT2D eigenvalue weighted by atomic mass is 79.9. The summed E-state index contributed by atoms with van der Waals surface area (Å²) in [5.41, 5.74) is 1.02. The normalized spacial score (nSPS) is 12.0. The van der Waals surface area contributed by atoms with Gasteiger partial charge in [-0.1, -0.05) is 33.3 Å². The van der Waals surface area contributed by atoms with Crippen molar-refractivity contribution >= 4 is 43.4 Å². The van der Waals surface area contributed by atoms with Crippen LogP contribution < -0.4 is 4.80 Å². The Kier molecular flexibility index (Phi) is 3.90. The summed E-state index contributed by atoms with van der Waals surface area (Å²) in [6.45, 7) is 4.35. The number of aromatic nitrogens is 1. The van der Waals surface area contributed by atoms with Crippen molar-refractivity contribution in [3.63, 3.8) is 0 Å². The average molecular weight is 363 g/mol. The topological polar surface area (TPSA) is 47.5 Å². The predicted molar refractivity (Wildman–Crippen MR) is 86.3 cm³/mol. The van der Waals surface area contributed by atoms with Crippen LogP contribution in [0.5, 0.6) is 0 Å². The van der Waals surface area contributed by atoms with Gasteiger partial charge in [-0.3, -0.25) is 4.79 Å². The van der Waals surface area contributed by atoms with Crippen LogP contribution in [0.1, 0.15) is 10.6 Å². The van der Waals surface area contributed by atoms with Gasteiger partial charge < -0.3 is 8.98 Å². The Balaban J connectivity index is 2.19. The Bertz CT molecular complexity index is 875. The number of nitrogens with zero attached hydrogens (tertiary/aromatic N) is 2. The fourth-order valence-electron chi connectivity index (χ4n) is 1.98.